The van der Waals surface area contributed by atoms with Gasteiger partial charge in [0.25, 0.3) is 0 Å². The third-order valence-electron chi connectivity index (χ3n) is 4.62. The van der Waals surface area contributed by atoms with Crippen LogP contribution in [0, 0.1) is 5.92 Å². The predicted octanol–water partition coefficient (Wildman–Crippen LogP) is 5.01. The van der Waals surface area contributed by atoms with E-state index in [0.717, 1.165) is 45.5 Å². The van der Waals surface area contributed by atoms with Gasteiger partial charge in [0.2, 0.25) is 5.88 Å². The van der Waals surface area contributed by atoms with E-state index in [1.54, 1.807) is 7.11 Å². The summed E-state index contributed by atoms with van der Waals surface area (Å²) in [6.45, 7) is 5.02. The highest BCUT2D eigenvalue weighted by Gasteiger charge is 2.17. The van der Waals surface area contributed by atoms with Gasteiger partial charge in [0, 0.05) is 11.6 Å². The number of benzene rings is 2. The Morgan fingerprint density at radius 3 is 2.52 bits per heavy atom. The highest BCUT2D eigenvalue weighted by Crippen LogP contribution is 2.33. The molecule has 138 valence electrons. The lowest BCUT2D eigenvalue weighted by Gasteiger charge is -2.11. The molecular formula is C22H23N3O2. The maximum Gasteiger partial charge on any atom is 0.226 e. The molecule has 5 nitrogen and oxygen atoms in total. The van der Waals surface area contributed by atoms with Crippen LogP contribution in [0.25, 0.3) is 27.5 Å². The van der Waals surface area contributed by atoms with Crippen molar-refractivity contribution in [2.24, 2.45) is 5.92 Å². The molecule has 0 N–H and O–H groups in total. The summed E-state index contributed by atoms with van der Waals surface area (Å²) in [5, 5.41) is 6.82. The molecule has 0 radical (unpaired) electrons. The molecule has 27 heavy (non-hydrogen) atoms. The number of fused-ring (bicyclic) bond motifs is 3. The molecule has 0 aliphatic carbocycles. The summed E-state index contributed by atoms with van der Waals surface area (Å²) < 4.78 is 13.3. The zero-order valence-corrected chi connectivity index (χ0v) is 15.8. The van der Waals surface area contributed by atoms with Crippen LogP contribution in [0.2, 0.25) is 0 Å². The summed E-state index contributed by atoms with van der Waals surface area (Å²) in [6.07, 6.45) is 2.84. The van der Waals surface area contributed by atoms with Crippen LogP contribution < -0.4 is 9.47 Å². The lowest BCUT2D eigenvalue weighted by molar-refractivity contribution is 0.275. The number of aromatic nitrogens is 3. The zero-order valence-electron chi connectivity index (χ0n) is 15.8. The van der Waals surface area contributed by atoms with Gasteiger partial charge in [-0.15, -0.1) is 0 Å². The van der Waals surface area contributed by atoms with Crippen molar-refractivity contribution in [3.05, 3.63) is 54.7 Å². The average molecular weight is 361 g/mol. The third kappa shape index (κ3) is 3.33. The fourth-order valence-electron chi connectivity index (χ4n) is 3.08. The van der Waals surface area contributed by atoms with Crippen LogP contribution >= 0.6 is 0 Å². The first kappa shape index (κ1) is 17.3. The number of rotatable bonds is 6. The Balaban J connectivity index is 1.87. The van der Waals surface area contributed by atoms with Crippen molar-refractivity contribution in [2.75, 3.05) is 13.7 Å². The van der Waals surface area contributed by atoms with Gasteiger partial charge in [-0.05, 0) is 42.7 Å². The Morgan fingerprint density at radius 2 is 1.78 bits per heavy atom. The van der Waals surface area contributed by atoms with Crippen molar-refractivity contribution in [1.82, 2.24) is 14.8 Å². The van der Waals surface area contributed by atoms with Crippen molar-refractivity contribution in [1.29, 1.82) is 0 Å². The SMILES string of the molecule is COc1ccc(-n2nc3c(cnc4ccccc43)c2OCCC(C)C)cc1. The molecule has 0 atom stereocenters. The lowest BCUT2D eigenvalue weighted by Crippen LogP contribution is -2.06. The van der Waals surface area contributed by atoms with E-state index in [4.69, 9.17) is 14.6 Å². The van der Waals surface area contributed by atoms with Crippen molar-refractivity contribution in [3.63, 3.8) is 0 Å². The smallest absolute Gasteiger partial charge is 0.226 e. The normalized spacial score (nSPS) is 11.4. The summed E-state index contributed by atoms with van der Waals surface area (Å²) >= 11 is 0. The first-order valence-corrected chi connectivity index (χ1v) is 9.21. The quantitative estimate of drug-likeness (QED) is 0.484. The number of hydrogen-bond acceptors (Lipinski definition) is 4. The van der Waals surface area contributed by atoms with E-state index in [0.29, 0.717) is 12.5 Å². The van der Waals surface area contributed by atoms with Gasteiger partial charge in [-0.25, -0.2) is 0 Å². The van der Waals surface area contributed by atoms with Gasteiger partial charge in [0.15, 0.2) is 0 Å². The molecule has 0 unspecified atom stereocenters. The molecule has 0 aliphatic heterocycles. The molecule has 0 fully saturated rings. The van der Waals surface area contributed by atoms with Gasteiger partial charge < -0.3 is 9.47 Å². The Bertz CT molecular complexity index is 1070. The molecule has 0 saturated carbocycles. The molecule has 4 rings (SSSR count). The molecule has 5 heteroatoms. The average Bonchev–Trinajstić information content (AvgIpc) is 3.07. The fraction of sp³-hybridized carbons (Fsp3) is 0.273. The van der Waals surface area contributed by atoms with Crippen LogP contribution in [0.3, 0.4) is 0 Å². The number of pyridine rings is 1. The van der Waals surface area contributed by atoms with Crippen molar-refractivity contribution < 1.29 is 9.47 Å². The fourth-order valence-corrected chi connectivity index (χ4v) is 3.08. The first-order chi connectivity index (χ1) is 13.2. The number of nitrogens with zero attached hydrogens (tertiary/aromatic N) is 3. The Labute approximate surface area is 158 Å². The van der Waals surface area contributed by atoms with Crippen LogP contribution in [0.1, 0.15) is 20.3 Å². The highest BCUT2D eigenvalue weighted by molar-refractivity contribution is 6.05. The molecule has 0 aliphatic rings. The van der Waals surface area contributed by atoms with Crippen LogP contribution in [0.4, 0.5) is 0 Å². The largest absolute Gasteiger partial charge is 0.497 e. The van der Waals surface area contributed by atoms with Gasteiger partial charge >= 0.3 is 0 Å². The summed E-state index contributed by atoms with van der Waals surface area (Å²) in [5.41, 5.74) is 2.75. The van der Waals surface area contributed by atoms with Crippen LogP contribution in [-0.2, 0) is 0 Å². The third-order valence-corrected chi connectivity index (χ3v) is 4.62. The van der Waals surface area contributed by atoms with Crippen LogP contribution in [0.15, 0.2) is 54.7 Å². The van der Waals surface area contributed by atoms with Gasteiger partial charge in [-0.2, -0.15) is 9.78 Å². The summed E-state index contributed by atoms with van der Waals surface area (Å²) in [4.78, 5) is 4.59. The lowest BCUT2D eigenvalue weighted by atomic mass is 10.1. The zero-order chi connectivity index (χ0) is 18.8. The molecule has 0 saturated heterocycles. The van der Waals surface area contributed by atoms with Crippen molar-refractivity contribution >= 4 is 21.8 Å². The molecule has 0 amide bonds. The first-order valence-electron chi connectivity index (χ1n) is 9.21. The minimum atomic E-state index is 0.576. The Hall–Kier alpha value is -3.08. The molecule has 4 aromatic rings. The topological polar surface area (TPSA) is 49.2 Å². The van der Waals surface area contributed by atoms with Gasteiger partial charge in [-0.3, -0.25) is 4.98 Å². The van der Waals surface area contributed by atoms with E-state index >= 15 is 0 Å². The molecule has 2 heterocycles. The van der Waals surface area contributed by atoms with Crippen LogP contribution in [0.5, 0.6) is 11.6 Å². The second-order valence-corrected chi connectivity index (χ2v) is 6.98. The second kappa shape index (κ2) is 7.27. The number of ether oxygens (including phenoxy) is 2. The summed E-state index contributed by atoms with van der Waals surface area (Å²) in [5.74, 6) is 2.12. The second-order valence-electron chi connectivity index (χ2n) is 6.98. The maximum absolute atomic E-state index is 6.19. The van der Waals surface area contributed by atoms with E-state index in [1.807, 2.05) is 59.4 Å². The van der Waals surface area contributed by atoms with Crippen molar-refractivity contribution in [3.8, 4) is 17.3 Å². The van der Waals surface area contributed by atoms with E-state index in [-0.39, 0.29) is 0 Å². The van der Waals surface area contributed by atoms with Crippen molar-refractivity contribution in [2.45, 2.75) is 20.3 Å². The minimum Gasteiger partial charge on any atom is -0.497 e. The standard InChI is InChI=1S/C22H23N3O2/c1-15(2)12-13-27-22-19-14-23-20-7-5-4-6-18(20)21(19)24-25(22)16-8-10-17(26-3)11-9-16/h4-11,14-15H,12-13H2,1-3H3. The summed E-state index contributed by atoms with van der Waals surface area (Å²) in [6, 6.07) is 15.9. The monoisotopic (exact) mass is 361 g/mol. The predicted molar refractivity (Wildman–Crippen MR) is 108 cm³/mol. The van der Waals surface area contributed by atoms with E-state index in [9.17, 15) is 0 Å². The molecule has 2 aromatic heterocycles. The number of methoxy groups -OCH3 is 1. The molecule has 0 bridgehead atoms. The minimum absolute atomic E-state index is 0.576. The van der Waals surface area contributed by atoms with E-state index in [1.165, 1.54) is 0 Å². The molecule has 2 aromatic carbocycles. The van der Waals surface area contributed by atoms with E-state index in [2.05, 4.69) is 18.8 Å². The maximum atomic E-state index is 6.19. The summed E-state index contributed by atoms with van der Waals surface area (Å²) in [7, 11) is 1.66. The van der Waals surface area contributed by atoms with E-state index < -0.39 is 0 Å². The molecule has 0 spiro atoms. The van der Waals surface area contributed by atoms with Gasteiger partial charge in [-0.1, -0.05) is 32.0 Å². The number of hydrogen-bond donors (Lipinski definition) is 0. The Kier molecular flexibility index (Phi) is 4.67. The van der Waals surface area contributed by atoms with Gasteiger partial charge in [0.1, 0.15) is 11.3 Å². The molecular weight excluding hydrogens is 338 g/mol. The highest BCUT2D eigenvalue weighted by atomic mass is 16.5. The Morgan fingerprint density at radius 1 is 1.00 bits per heavy atom. The van der Waals surface area contributed by atoms with Gasteiger partial charge in [0.05, 0.1) is 30.3 Å². The van der Waals surface area contributed by atoms with Crippen LogP contribution in [-0.4, -0.2) is 28.5 Å². The number of para-hydroxylation sites is 1.